The summed E-state index contributed by atoms with van der Waals surface area (Å²) in [7, 11) is -1.48. The summed E-state index contributed by atoms with van der Waals surface area (Å²) in [5.41, 5.74) is 1.09. The van der Waals surface area contributed by atoms with Crippen LogP contribution < -0.4 is 5.32 Å². The van der Waals surface area contributed by atoms with Gasteiger partial charge >= 0.3 is 6.18 Å². The predicted molar refractivity (Wildman–Crippen MR) is 136 cm³/mol. The summed E-state index contributed by atoms with van der Waals surface area (Å²) < 4.78 is 82.6. The number of aromatic nitrogens is 6. The molecular weight excluding hydrogens is 559 g/mol. The molecule has 3 aromatic rings. The van der Waals surface area contributed by atoms with E-state index in [9.17, 15) is 31.0 Å². The zero-order chi connectivity index (χ0) is 29.3. The number of nitrogens with one attached hydrogen (secondary N) is 1. The fourth-order valence-corrected chi connectivity index (χ4v) is 4.71. The van der Waals surface area contributed by atoms with Gasteiger partial charge in [0.15, 0.2) is 11.3 Å². The van der Waals surface area contributed by atoms with E-state index in [0.29, 0.717) is 16.9 Å². The maximum atomic E-state index is 13.9. The monoisotopic (exact) mass is 588 g/mol. The third-order valence-electron chi connectivity index (χ3n) is 6.38. The Hall–Kier alpha value is -3.30. The lowest BCUT2D eigenvalue weighted by Crippen LogP contribution is -2.37. The summed E-state index contributed by atoms with van der Waals surface area (Å²) in [6, 6.07) is 0.858. The Morgan fingerprint density at radius 3 is 2.58 bits per heavy atom. The Balaban J connectivity index is 1.57. The number of carbonyl (C=O) groups excluding carboxylic acids is 1. The van der Waals surface area contributed by atoms with Crippen molar-refractivity contribution in [2.45, 2.75) is 82.3 Å². The number of rotatable bonds is 8. The minimum absolute atomic E-state index is 0.119. The molecule has 16 heteroatoms. The molecule has 0 saturated heterocycles. The first-order valence-corrected chi connectivity index (χ1v) is 13.7. The van der Waals surface area contributed by atoms with Crippen LogP contribution in [0.1, 0.15) is 80.7 Å². The zero-order valence-corrected chi connectivity index (χ0v) is 22.8. The summed E-state index contributed by atoms with van der Waals surface area (Å²) in [5, 5.41) is 14.6. The Bertz CT molecular complexity index is 1400. The number of alkyl halides is 5. The Morgan fingerprint density at radius 2 is 1.93 bits per heavy atom. The number of fused-ring (bicyclic) bond motifs is 1. The highest BCUT2D eigenvalue weighted by Crippen LogP contribution is 2.41. The zero-order valence-electron chi connectivity index (χ0n) is 22.0. The molecule has 3 heterocycles. The van der Waals surface area contributed by atoms with Crippen molar-refractivity contribution in [3.8, 4) is 0 Å². The van der Waals surface area contributed by atoms with E-state index >= 15 is 0 Å². The third kappa shape index (κ3) is 7.67. The van der Waals surface area contributed by atoms with Crippen LogP contribution in [0.4, 0.5) is 22.0 Å². The Kier molecular flexibility index (Phi) is 8.38. The van der Waals surface area contributed by atoms with Crippen LogP contribution in [0.5, 0.6) is 0 Å². The molecular formula is C24H29F5N8O2S. The molecule has 10 nitrogen and oxygen atoms in total. The molecule has 3 aromatic heterocycles. The van der Waals surface area contributed by atoms with E-state index in [1.807, 2.05) is 0 Å². The lowest BCUT2D eigenvalue weighted by molar-refractivity contribution is -0.137. The highest BCUT2D eigenvalue weighted by molar-refractivity contribution is 7.85. The summed E-state index contributed by atoms with van der Waals surface area (Å²) >= 11 is 0. The maximum absolute atomic E-state index is 13.9. The van der Waals surface area contributed by atoms with Crippen molar-refractivity contribution in [2.24, 2.45) is 10.3 Å². The quantitative estimate of drug-likeness (QED) is 0.307. The molecule has 1 saturated carbocycles. The van der Waals surface area contributed by atoms with Gasteiger partial charge < -0.3 is 5.32 Å². The summed E-state index contributed by atoms with van der Waals surface area (Å²) in [4.78, 5) is 18.4. The minimum Gasteiger partial charge on any atom is -0.342 e. The standard InChI is InChI=1S/C24H29F5N8O2S/c1-22(2,3)40(39)32-12-15-10-19-33-18(14-36(19)30-11-15)20(16-4-6-23(25,26)7-5-16)34-21(38)17-13-31-37(35-17)9-8-24(27,28)29/h10-14,16,20H,4-9H2,1-3H3,(H,34,38)/t20-,40-/m0/s1. The first-order chi connectivity index (χ1) is 18.6. The van der Waals surface area contributed by atoms with Gasteiger partial charge in [0.05, 0.1) is 48.0 Å². The molecule has 40 heavy (non-hydrogen) atoms. The predicted octanol–water partition coefficient (Wildman–Crippen LogP) is 4.45. The van der Waals surface area contributed by atoms with Gasteiger partial charge in [0, 0.05) is 24.6 Å². The Morgan fingerprint density at radius 1 is 1.23 bits per heavy atom. The molecule has 0 bridgehead atoms. The second-order valence-corrected chi connectivity index (χ2v) is 12.6. The second kappa shape index (κ2) is 11.3. The molecule has 0 radical (unpaired) electrons. The number of hydrogen-bond acceptors (Lipinski definition) is 6. The van der Waals surface area contributed by atoms with Gasteiger partial charge in [-0.15, -0.1) is 5.10 Å². The summed E-state index contributed by atoms with van der Waals surface area (Å²) in [6.45, 7) is 4.83. The number of nitrogens with zero attached hydrogens (tertiary/aromatic N) is 7. The first-order valence-electron chi connectivity index (χ1n) is 12.6. The molecule has 1 fully saturated rings. The molecule has 0 unspecified atom stereocenters. The van der Waals surface area contributed by atoms with E-state index in [0.717, 1.165) is 11.0 Å². The van der Waals surface area contributed by atoms with E-state index in [1.54, 1.807) is 33.0 Å². The molecule has 1 N–H and O–H groups in total. The molecule has 4 rings (SSSR count). The van der Waals surface area contributed by atoms with Crippen LogP contribution in [-0.2, 0) is 17.5 Å². The van der Waals surface area contributed by atoms with Gasteiger partial charge in [-0.25, -0.2) is 22.5 Å². The van der Waals surface area contributed by atoms with Crippen LogP contribution in [0.15, 0.2) is 29.1 Å². The van der Waals surface area contributed by atoms with Crippen molar-refractivity contribution in [1.29, 1.82) is 0 Å². The van der Waals surface area contributed by atoms with Crippen LogP contribution in [0, 0.1) is 5.92 Å². The molecule has 0 aliphatic heterocycles. The molecule has 0 aromatic carbocycles. The van der Waals surface area contributed by atoms with E-state index in [2.05, 4.69) is 30.0 Å². The average molecular weight is 589 g/mol. The van der Waals surface area contributed by atoms with Gasteiger partial charge in [0.2, 0.25) is 5.92 Å². The number of amides is 1. The number of hydrogen-bond donors (Lipinski definition) is 1. The van der Waals surface area contributed by atoms with Crippen molar-refractivity contribution in [2.75, 3.05) is 0 Å². The van der Waals surface area contributed by atoms with E-state index < -0.39 is 52.7 Å². The van der Waals surface area contributed by atoms with Gasteiger partial charge in [-0.3, -0.25) is 4.79 Å². The van der Waals surface area contributed by atoms with Gasteiger partial charge in [-0.05, 0) is 45.6 Å². The van der Waals surface area contributed by atoms with Gasteiger partial charge in [0.25, 0.3) is 5.91 Å². The van der Waals surface area contributed by atoms with Crippen LogP contribution in [0.2, 0.25) is 0 Å². The van der Waals surface area contributed by atoms with E-state index in [1.165, 1.54) is 16.9 Å². The maximum Gasteiger partial charge on any atom is 0.390 e. The normalized spacial score (nSPS) is 18.3. The number of imidazole rings is 1. The largest absolute Gasteiger partial charge is 0.390 e. The highest BCUT2D eigenvalue weighted by atomic mass is 32.2. The third-order valence-corrected chi connectivity index (χ3v) is 7.73. The van der Waals surface area contributed by atoms with Crippen molar-refractivity contribution >= 4 is 28.8 Å². The molecule has 218 valence electrons. The number of halogens is 5. The molecule has 0 spiro atoms. The van der Waals surface area contributed by atoms with Crippen LogP contribution in [-0.4, -0.2) is 62.8 Å². The van der Waals surface area contributed by atoms with Gasteiger partial charge in [-0.2, -0.15) is 32.6 Å². The SMILES string of the molecule is CC(C)(C)[S@](=O)N=Cc1cnn2cc([C@@H](NC(=O)c3cnn(CCC(F)(F)F)n3)C3CCC(F)(F)CC3)nc2c1. The van der Waals surface area contributed by atoms with Gasteiger partial charge in [0.1, 0.15) is 11.0 Å². The van der Waals surface area contributed by atoms with E-state index in [-0.39, 0.29) is 37.3 Å². The smallest absolute Gasteiger partial charge is 0.342 e. The molecule has 1 amide bonds. The van der Waals surface area contributed by atoms with Crippen molar-refractivity contribution < 1.29 is 31.0 Å². The topological polar surface area (TPSA) is 119 Å². The van der Waals surface area contributed by atoms with Crippen LogP contribution in [0.25, 0.3) is 5.65 Å². The number of carbonyl (C=O) groups is 1. The molecule has 1 aliphatic carbocycles. The molecule has 2 atom stereocenters. The fourth-order valence-electron chi connectivity index (χ4n) is 4.18. The second-order valence-electron chi connectivity index (χ2n) is 10.7. The summed E-state index contributed by atoms with van der Waals surface area (Å²) in [6.07, 6.45) is -0.488. The fraction of sp³-hybridized carbons (Fsp3) is 0.583. The van der Waals surface area contributed by atoms with Crippen molar-refractivity contribution in [1.82, 2.24) is 34.9 Å². The number of aryl methyl sites for hydroxylation is 1. The lowest BCUT2D eigenvalue weighted by atomic mass is 9.81. The minimum atomic E-state index is -4.41. The van der Waals surface area contributed by atoms with E-state index in [4.69, 9.17) is 0 Å². The van der Waals surface area contributed by atoms with Gasteiger partial charge in [-0.1, -0.05) is 0 Å². The van der Waals surface area contributed by atoms with Crippen molar-refractivity contribution in [3.05, 3.63) is 41.6 Å². The summed E-state index contributed by atoms with van der Waals surface area (Å²) in [5.74, 6) is -3.90. The highest BCUT2D eigenvalue weighted by Gasteiger charge is 2.39. The van der Waals surface area contributed by atoms with Crippen molar-refractivity contribution in [3.63, 3.8) is 0 Å². The van der Waals surface area contributed by atoms with Crippen LogP contribution in [0.3, 0.4) is 0 Å². The lowest BCUT2D eigenvalue weighted by Gasteiger charge is -2.33. The average Bonchev–Trinajstić information content (AvgIpc) is 3.50. The first kappa shape index (κ1) is 29.7. The van der Waals surface area contributed by atoms with Crippen LogP contribution >= 0.6 is 0 Å². The molecule has 1 aliphatic rings. The Labute approximate surface area is 229 Å².